The molecule has 90 valence electrons. The number of hydrogen-bond donors (Lipinski definition) is 1. The van der Waals surface area contributed by atoms with Crippen molar-refractivity contribution in [1.82, 2.24) is 9.97 Å². The first-order valence-corrected chi connectivity index (χ1v) is 5.53. The van der Waals surface area contributed by atoms with Crippen LogP contribution in [-0.4, -0.2) is 9.97 Å². The number of aromatic nitrogens is 2. The predicted molar refractivity (Wildman–Crippen MR) is 64.1 cm³/mol. The van der Waals surface area contributed by atoms with Crippen molar-refractivity contribution in [3.63, 3.8) is 0 Å². The first-order chi connectivity index (χ1) is 8.61. The molecule has 4 nitrogen and oxygen atoms in total. The molecule has 2 rings (SSSR count). The average Bonchev–Trinajstić information content (AvgIpc) is 2.36. The Balaban J connectivity index is 2.41. The lowest BCUT2D eigenvalue weighted by molar-refractivity contribution is 0.581. The fourth-order valence-corrected chi connectivity index (χ4v) is 1.60. The number of nitrogens with one attached hydrogen (secondary N) is 1. The molecule has 0 saturated carbocycles. The minimum Gasteiger partial charge on any atom is -0.337 e. The van der Waals surface area contributed by atoms with Gasteiger partial charge in [0, 0.05) is 6.07 Å². The van der Waals surface area contributed by atoms with Gasteiger partial charge in [-0.05, 0) is 22.0 Å². The summed E-state index contributed by atoms with van der Waals surface area (Å²) in [5, 5.41) is 11.4. The monoisotopic (exact) mass is 310 g/mol. The van der Waals surface area contributed by atoms with E-state index in [1.165, 1.54) is 18.6 Å². The molecule has 1 aromatic heterocycles. The molecule has 1 heterocycles. The normalized spacial score (nSPS) is 9.89. The molecule has 1 N–H and O–H groups in total. The summed E-state index contributed by atoms with van der Waals surface area (Å²) in [4.78, 5) is 7.49. The van der Waals surface area contributed by atoms with Gasteiger partial charge in [0.15, 0.2) is 5.82 Å². The predicted octanol–water partition coefficient (Wildman–Crippen LogP) is 3.13. The van der Waals surface area contributed by atoms with Crippen LogP contribution in [0.1, 0.15) is 5.56 Å². The second-order valence-corrected chi connectivity index (χ2v) is 4.12. The minimum atomic E-state index is -0.779. The van der Waals surface area contributed by atoms with Crippen LogP contribution in [0.2, 0.25) is 0 Å². The van der Waals surface area contributed by atoms with Crippen molar-refractivity contribution in [2.45, 2.75) is 0 Å². The first kappa shape index (κ1) is 12.4. The molecule has 0 aliphatic heterocycles. The topological polar surface area (TPSA) is 61.6 Å². The Bertz CT molecular complexity index is 639. The maximum atomic E-state index is 13.5. The number of rotatable bonds is 2. The Kier molecular flexibility index (Phi) is 3.48. The van der Waals surface area contributed by atoms with E-state index in [2.05, 4.69) is 31.2 Å². The highest BCUT2D eigenvalue weighted by Gasteiger charge is 2.11. The van der Waals surface area contributed by atoms with E-state index in [4.69, 9.17) is 5.26 Å². The quantitative estimate of drug-likeness (QED) is 0.866. The number of hydrogen-bond acceptors (Lipinski definition) is 4. The van der Waals surface area contributed by atoms with Gasteiger partial charge in [0.1, 0.15) is 29.6 Å². The van der Waals surface area contributed by atoms with E-state index in [1.807, 2.05) is 6.07 Å². The molecule has 0 bridgehead atoms. The molecule has 2 aromatic rings. The van der Waals surface area contributed by atoms with Gasteiger partial charge < -0.3 is 5.32 Å². The summed E-state index contributed by atoms with van der Waals surface area (Å²) < 4.78 is 26.7. The summed E-state index contributed by atoms with van der Waals surface area (Å²) in [5.41, 5.74) is 0.177. The van der Waals surface area contributed by atoms with Crippen LogP contribution in [0.25, 0.3) is 0 Å². The molecule has 1 aromatic carbocycles. The summed E-state index contributed by atoms with van der Waals surface area (Å²) in [6.07, 6.45) is 2.52. The molecule has 18 heavy (non-hydrogen) atoms. The molecule has 0 aliphatic carbocycles. The third-order valence-electron chi connectivity index (χ3n) is 2.10. The van der Waals surface area contributed by atoms with Gasteiger partial charge in [-0.2, -0.15) is 5.26 Å². The van der Waals surface area contributed by atoms with E-state index >= 15 is 0 Å². The van der Waals surface area contributed by atoms with Crippen LogP contribution in [0, 0.1) is 23.0 Å². The van der Waals surface area contributed by atoms with Crippen LogP contribution in [0.5, 0.6) is 0 Å². The number of nitriles is 1. The fraction of sp³-hybridized carbons (Fsp3) is 0. The molecule has 0 unspecified atom stereocenters. The van der Waals surface area contributed by atoms with Crippen LogP contribution >= 0.6 is 15.9 Å². The molecule has 0 aliphatic rings. The van der Waals surface area contributed by atoms with Crippen LogP contribution < -0.4 is 5.32 Å². The van der Waals surface area contributed by atoms with Crippen molar-refractivity contribution >= 4 is 27.4 Å². The highest BCUT2D eigenvalue weighted by Crippen LogP contribution is 2.26. The lowest BCUT2D eigenvalue weighted by atomic mass is 10.2. The van der Waals surface area contributed by atoms with Crippen LogP contribution in [-0.2, 0) is 0 Å². The van der Waals surface area contributed by atoms with E-state index in [9.17, 15) is 8.78 Å². The fourth-order valence-electron chi connectivity index (χ4n) is 1.26. The lowest BCUT2D eigenvalue weighted by Gasteiger charge is -2.08. The Morgan fingerprint density at radius 2 is 2.06 bits per heavy atom. The number of halogens is 3. The standard InChI is InChI=1S/C11H5BrF2N4/c12-7-1-10(9(14)2-8(7)13)18-11-6(3-15)4-16-5-17-11/h1-2,4-5H,(H,16,17,18). The Hall–Kier alpha value is -2.07. The first-order valence-electron chi connectivity index (χ1n) is 4.73. The molecule has 7 heteroatoms. The van der Waals surface area contributed by atoms with E-state index in [1.54, 1.807) is 0 Å². The molecular weight excluding hydrogens is 306 g/mol. The van der Waals surface area contributed by atoms with E-state index in [0.29, 0.717) is 0 Å². The molecule has 0 fully saturated rings. The molecular formula is C11H5BrF2N4. The highest BCUT2D eigenvalue weighted by atomic mass is 79.9. The number of benzene rings is 1. The summed E-state index contributed by atoms with van der Waals surface area (Å²) in [7, 11) is 0. The zero-order valence-electron chi connectivity index (χ0n) is 8.78. The van der Waals surface area contributed by atoms with Gasteiger partial charge in [-0.25, -0.2) is 18.7 Å². The second-order valence-electron chi connectivity index (χ2n) is 3.27. The summed E-state index contributed by atoms with van der Waals surface area (Å²) >= 11 is 2.95. The van der Waals surface area contributed by atoms with Crippen LogP contribution in [0.15, 0.2) is 29.1 Å². The Morgan fingerprint density at radius 1 is 1.28 bits per heavy atom. The third-order valence-corrected chi connectivity index (χ3v) is 2.70. The third kappa shape index (κ3) is 2.43. The smallest absolute Gasteiger partial charge is 0.151 e. The Labute approximate surface area is 109 Å². The second kappa shape index (κ2) is 5.06. The number of anilines is 2. The van der Waals surface area contributed by atoms with E-state index in [0.717, 1.165) is 6.07 Å². The summed E-state index contributed by atoms with van der Waals surface area (Å²) in [5.74, 6) is -1.33. The molecule has 0 saturated heterocycles. The van der Waals surface area contributed by atoms with Crippen LogP contribution in [0.3, 0.4) is 0 Å². The van der Waals surface area contributed by atoms with Gasteiger partial charge in [-0.1, -0.05) is 0 Å². The van der Waals surface area contributed by atoms with E-state index < -0.39 is 11.6 Å². The summed E-state index contributed by atoms with van der Waals surface area (Å²) in [6.45, 7) is 0. The largest absolute Gasteiger partial charge is 0.337 e. The Morgan fingerprint density at radius 3 is 2.78 bits per heavy atom. The van der Waals surface area contributed by atoms with Gasteiger partial charge in [-0.3, -0.25) is 0 Å². The van der Waals surface area contributed by atoms with Crippen molar-refractivity contribution in [3.05, 3.63) is 46.3 Å². The van der Waals surface area contributed by atoms with Crippen molar-refractivity contribution in [2.24, 2.45) is 0 Å². The molecule has 0 spiro atoms. The zero-order valence-corrected chi connectivity index (χ0v) is 10.4. The van der Waals surface area contributed by atoms with Gasteiger partial charge in [-0.15, -0.1) is 0 Å². The van der Waals surface area contributed by atoms with Crippen LogP contribution in [0.4, 0.5) is 20.3 Å². The van der Waals surface area contributed by atoms with Gasteiger partial charge in [0.05, 0.1) is 16.4 Å². The minimum absolute atomic E-state index is 0.0125. The van der Waals surface area contributed by atoms with E-state index in [-0.39, 0.29) is 21.5 Å². The van der Waals surface area contributed by atoms with Crippen molar-refractivity contribution < 1.29 is 8.78 Å². The average molecular weight is 311 g/mol. The lowest BCUT2D eigenvalue weighted by Crippen LogP contribution is -2.00. The molecule has 0 radical (unpaired) electrons. The molecule has 0 amide bonds. The van der Waals surface area contributed by atoms with Gasteiger partial charge >= 0.3 is 0 Å². The summed E-state index contributed by atoms with van der Waals surface area (Å²) in [6, 6.07) is 3.83. The van der Waals surface area contributed by atoms with Gasteiger partial charge in [0.25, 0.3) is 0 Å². The molecule has 0 atom stereocenters. The zero-order chi connectivity index (χ0) is 13.1. The van der Waals surface area contributed by atoms with Crippen molar-refractivity contribution in [3.8, 4) is 6.07 Å². The maximum Gasteiger partial charge on any atom is 0.151 e. The number of nitrogens with zero attached hydrogens (tertiary/aromatic N) is 3. The van der Waals surface area contributed by atoms with Gasteiger partial charge in [0.2, 0.25) is 0 Å². The maximum absolute atomic E-state index is 13.5. The van der Waals surface area contributed by atoms with Crippen molar-refractivity contribution in [2.75, 3.05) is 5.32 Å². The highest BCUT2D eigenvalue weighted by molar-refractivity contribution is 9.10. The SMILES string of the molecule is N#Cc1cncnc1Nc1cc(Br)c(F)cc1F. The van der Waals surface area contributed by atoms with Crippen molar-refractivity contribution in [1.29, 1.82) is 5.26 Å².